The highest BCUT2D eigenvalue weighted by Crippen LogP contribution is 2.41. The van der Waals surface area contributed by atoms with Gasteiger partial charge in [-0.1, -0.05) is 18.2 Å². The molecular formula is C24H17F5N2O3. The minimum absolute atomic E-state index is 0.0590. The molecule has 4 aromatic rings. The van der Waals surface area contributed by atoms with Crippen LogP contribution in [0.3, 0.4) is 0 Å². The topological polar surface area (TPSA) is 67.4 Å². The van der Waals surface area contributed by atoms with Gasteiger partial charge in [0.05, 0.1) is 12.7 Å². The van der Waals surface area contributed by atoms with E-state index in [0.717, 1.165) is 11.6 Å². The Bertz CT molecular complexity index is 1360. The third-order valence-corrected chi connectivity index (χ3v) is 5.23. The third kappa shape index (κ3) is 3.91. The number of nitrogens with one attached hydrogen (secondary N) is 1. The second kappa shape index (κ2) is 9.05. The van der Waals surface area contributed by atoms with Crippen LogP contribution in [0.4, 0.5) is 22.0 Å². The number of aromatic amines is 1. The maximum absolute atomic E-state index is 13.9. The first kappa shape index (κ1) is 23.1. The zero-order valence-corrected chi connectivity index (χ0v) is 17.8. The van der Waals surface area contributed by atoms with Crippen molar-refractivity contribution in [2.45, 2.75) is 13.5 Å². The Morgan fingerprint density at radius 3 is 2.18 bits per heavy atom. The third-order valence-electron chi connectivity index (χ3n) is 5.23. The fourth-order valence-electron chi connectivity index (χ4n) is 3.54. The van der Waals surface area contributed by atoms with Crippen LogP contribution in [0.2, 0.25) is 0 Å². The van der Waals surface area contributed by atoms with Gasteiger partial charge in [-0.3, -0.25) is 5.10 Å². The van der Waals surface area contributed by atoms with Crippen molar-refractivity contribution < 1.29 is 36.5 Å². The van der Waals surface area contributed by atoms with E-state index in [9.17, 15) is 27.1 Å². The lowest BCUT2D eigenvalue weighted by Gasteiger charge is -2.13. The average Bonchev–Trinajstić information content (AvgIpc) is 3.22. The van der Waals surface area contributed by atoms with Crippen molar-refractivity contribution in [3.63, 3.8) is 0 Å². The van der Waals surface area contributed by atoms with Crippen LogP contribution < -0.4 is 9.47 Å². The summed E-state index contributed by atoms with van der Waals surface area (Å²) in [5.74, 6) is -10.1. The Kier molecular flexibility index (Phi) is 6.14. The van der Waals surface area contributed by atoms with Crippen LogP contribution in [0.15, 0.2) is 42.5 Å². The molecule has 0 amide bonds. The van der Waals surface area contributed by atoms with E-state index in [1.54, 1.807) is 13.0 Å². The lowest BCUT2D eigenvalue weighted by molar-refractivity contribution is 0.278. The molecular weight excluding hydrogens is 459 g/mol. The zero-order chi connectivity index (χ0) is 24.6. The minimum atomic E-state index is -2.25. The first-order chi connectivity index (χ1) is 16.2. The Hall–Kier alpha value is -4.08. The van der Waals surface area contributed by atoms with Crippen LogP contribution >= 0.6 is 0 Å². The maximum atomic E-state index is 13.9. The van der Waals surface area contributed by atoms with Crippen molar-refractivity contribution in [3.8, 4) is 39.6 Å². The monoisotopic (exact) mass is 476 g/mol. The van der Waals surface area contributed by atoms with Crippen molar-refractivity contribution in [3.05, 3.63) is 82.8 Å². The molecule has 1 aromatic heterocycles. The lowest BCUT2D eigenvalue weighted by atomic mass is 9.98. The molecule has 0 saturated heterocycles. The van der Waals surface area contributed by atoms with Gasteiger partial charge in [0, 0.05) is 28.5 Å². The largest absolute Gasteiger partial charge is 0.507 e. The van der Waals surface area contributed by atoms with Crippen LogP contribution in [-0.2, 0) is 6.61 Å². The van der Waals surface area contributed by atoms with Crippen molar-refractivity contribution in [1.82, 2.24) is 10.2 Å². The van der Waals surface area contributed by atoms with E-state index in [4.69, 9.17) is 9.47 Å². The smallest absolute Gasteiger partial charge is 0.200 e. The van der Waals surface area contributed by atoms with E-state index in [0.29, 0.717) is 28.3 Å². The summed E-state index contributed by atoms with van der Waals surface area (Å²) in [6, 6.07) is 11.2. The van der Waals surface area contributed by atoms with E-state index in [1.165, 1.54) is 19.2 Å². The predicted molar refractivity (Wildman–Crippen MR) is 113 cm³/mol. The van der Waals surface area contributed by atoms with Crippen molar-refractivity contribution in [1.29, 1.82) is 0 Å². The number of aryl methyl sites for hydroxylation is 1. The number of halogens is 5. The number of phenols is 1. The summed E-state index contributed by atoms with van der Waals surface area (Å²) in [5.41, 5.74) is 1.73. The van der Waals surface area contributed by atoms with Gasteiger partial charge in [-0.15, -0.1) is 0 Å². The summed E-state index contributed by atoms with van der Waals surface area (Å²) in [5, 5.41) is 17.7. The molecule has 176 valence electrons. The summed E-state index contributed by atoms with van der Waals surface area (Å²) in [7, 11) is 1.53. The highest BCUT2D eigenvalue weighted by Gasteiger charge is 2.26. The number of ether oxygens (including phenoxy) is 2. The van der Waals surface area contributed by atoms with E-state index < -0.39 is 41.3 Å². The summed E-state index contributed by atoms with van der Waals surface area (Å²) in [6.45, 7) is 0.857. The van der Waals surface area contributed by atoms with Gasteiger partial charge in [-0.25, -0.2) is 22.0 Å². The standard InChI is InChI=1S/C24H17F5N2O3/c1-11-18(14-5-3-4-6-17(14)33-2)24(31-30-11)13-8-7-12(9-16(13)32)34-10-15-19(25)21(27)23(29)22(28)20(15)26/h3-9,32H,10H2,1-2H3,(H,30,31). The molecule has 2 N–H and O–H groups in total. The molecule has 0 bridgehead atoms. The molecule has 0 fully saturated rings. The number of rotatable bonds is 6. The van der Waals surface area contributed by atoms with Crippen LogP contribution in [0.1, 0.15) is 11.3 Å². The number of nitrogens with zero attached hydrogens (tertiary/aromatic N) is 1. The normalized spacial score (nSPS) is 11.0. The summed E-state index contributed by atoms with van der Waals surface area (Å²) in [6.07, 6.45) is 0. The average molecular weight is 476 g/mol. The highest BCUT2D eigenvalue weighted by molar-refractivity contribution is 5.87. The summed E-state index contributed by atoms with van der Waals surface area (Å²) >= 11 is 0. The minimum Gasteiger partial charge on any atom is -0.507 e. The molecule has 0 aliphatic carbocycles. The first-order valence-electron chi connectivity index (χ1n) is 9.89. The second-order valence-electron chi connectivity index (χ2n) is 7.29. The molecule has 3 aromatic carbocycles. The highest BCUT2D eigenvalue weighted by atomic mass is 19.2. The number of phenolic OH excluding ortho intramolecular Hbond substituents is 1. The van der Waals surface area contributed by atoms with Crippen molar-refractivity contribution in [2.75, 3.05) is 7.11 Å². The van der Waals surface area contributed by atoms with Gasteiger partial charge in [-0.2, -0.15) is 5.10 Å². The number of H-pyrrole nitrogens is 1. The van der Waals surface area contributed by atoms with Crippen LogP contribution in [0.5, 0.6) is 17.2 Å². The van der Waals surface area contributed by atoms with Gasteiger partial charge in [0.15, 0.2) is 23.3 Å². The molecule has 1 heterocycles. The number of hydrogen-bond donors (Lipinski definition) is 2. The van der Waals surface area contributed by atoms with Crippen LogP contribution in [-0.4, -0.2) is 22.4 Å². The molecule has 5 nitrogen and oxygen atoms in total. The fraction of sp³-hybridized carbons (Fsp3) is 0.125. The Morgan fingerprint density at radius 2 is 1.53 bits per heavy atom. The molecule has 0 spiro atoms. The van der Waals surface area contributed by atoms with E-state index >= 15 is 0 Å². The Labute approximate surface area is 190 Å². The molecule has 10 heteroatoms. The summed E-state index contributed by atoms with van der Waals surface area (Å²) in [4.78, 5) is 0. The quantitative estimate of drug-likeness (QED) is 0.202. The van der Waals surface area contributed by atoms with Gasteiger partial charge in [0.2, 0.25) is 5.82 Å². The maximum Gasteiger partial charge on any atom is 0.200 e. The SMILES string of the molecule is COc1ccccc1-c1c(-c2ccc(OCc3c(F)c(F)c(F)c(F)c3F)cc2O)n[nH]c1C. The molecule has 0 saturated carbocycles. The molecule has 0 unspecified atom stereocenters. The van der Waals surface area contributed by atoms with E-state index in [-0.39, 0.29) is 11.5 Å². The Balaban J connectivity index is 1.66. The predicted octanol–water partition coefficient (Wildman–Crippen LogP) is 6.04. The van der Waals surface area contributed by atoms with Gasteiger partial charge in [0.1, 0.15) is 29.5 Å². The van der Waals surface area contributed by atoms with Gasteiger partial charge >= 0.3 is 0 Å². The molecule has 0 radical (unpaired) electrons. The number of para-hydroxylation sites is 1. The second-order valence-corrected chi connectivity index (χ2v) is 7.29. The number of benzene rings is 3. The van der Waals surface area contributed by atoms with Gasteiger partial charge in [-0.05, 0) is 25.1 Å². The number of hydrogen-bond acceptors (Lipinski definition) is 4. The van der Waals surface area contributed by atoms with E-state index in [2.05, 4.69) is 10.2 Å². The molecule has 0 atom stereocenters. The van der Waals surface area contributed by atoms with Crippen LogP contribution in [0.25, 0.3) is 22.4 Å². The molecule has 0 aliphatic heterocycles. The number of aromatic hydroxyl groups is 1. The molecule has 34 heavy (non-hydrogen) atoms. The molecule has 0 aliphatic rings. The number of aromatic nitrogens is 2. The van der Waals surface area contributed by atoms with Gasteiger partial charge < -0.3 is 14.6 Å². The van der Waals surface area contributed by atoms with Crippen molar-refractivity contribution >= 4 is 0 Å². The number of methoxy groups -OCH3 is 1. The summed E-state index contributed by atoms with van der Waals surface area (Å²) < 4.78 is 78.3. The molecule has 4 rings (SSSR count). The van der Waals surface area contributed by atoms with E-state index in [1.807, 2.05) is 18.2 Å². The van der Waals surface area contributed by atoms with Gasteiger partial charge in [0.25, 0.3) is 0 Å². The van der Waals surface area contributed by atoms with Crippen molar-refractivity contribution in [2.24, 2.45) is 0 Å². The fourth-order valence-corrected chi connectivity index (χ4v) is 3.54. The lowest BCUT2D eigenvalue weighted by Crippen LogP contribution is -2.09. The van der Waals surface area contributed by atoms with Crippen LogP contribution in [0, 0.1) is 36.0 Å². The zero-order valence-electron chi connectivity index (χ0n) is 17.8. The Morgan fingerprint density at radius 1 is 0.882 bits per heavy atom. The first-order valence-corrected chi connectivity index (χ1v) is 9.89.